The van der Waals surface area contributed by atoms with Crippen molar-refractivity contribution in [3.63, 3.8) is 0 Å². The van der Waals surface area contributed by atoms with Gasteiger partial charge in [-0.2, -0.15) is 5.10 Å². The number of hydrogen-bond acceptors (Lipinski definition) is 5. The predicted molar refractivity (Wildman–Crippen MR) is 124 cm³/mol. The van der Waals surface area contributed by atoms with Crippen molar-refractivity contribution in [2.75, 3.05) is 11.6 Å². The number of amides is 1. The van der Waals surface area contributed by atoms with Gasteiger partial charge in [-0.3, -0.25) is 4.79 Å². The highest BCUT2D eigenvalue weighted by Gasteiger charge is 2.25. The molecule has 0 saturated carbocycles. The number of rotatable bonds is 4. The summed E-state index contributed by atoms with van der Waals surface area (Å²) in [6.45, 7) is 6.09. The van der Waals surface area contributed by atoms with Gasteiger partial charge in [0.05, 0.1) is 10.6 Å². The molecule has 2 aromatic carbocycles. The molecule has 1 amide bonds. The number of nitrogens with zero attached hydrogens (tertiary/aromatic N) is 3. The highest BCUT2D eigenvalue weighted by atomic mass is 35.5. The summed E-state index contributed by atoms with van der Waals surface area (Å²) >= 11 is 6.50. The van der Waals surface area contributed by atoms with Crippen LogP contribution in [0.2, 0.25) is 5.02 Å². The Kier molecular flexibility index (Phi) is 5.34. The zero-order chi connectivity index (χ0) is 23.3. The lowest BCUT2D eigenvalue weighted by Gasteiger charge is -2.14. The lowest BCUT2D eigenvalue weighted by Crippen LogP contribution is -2.13. The second kappa shape index (κ2) is 7.75. The standard InChI is InChI=1S/C22H22ClN5O3S/c1-22(2,3)18-17(23)20-25-19(27-28(20)26-18)14-6-5-7-15(12-14)24-21(29)13-8-10-16(11-9-13)32(4,30)31/h5-12H,1-4H3,(H,24,29)(H,25,27). The number of aromatic amines is 1. The van der Waals surface area contributed by atoms with Crippen LogP contribution in [0.5, 0.6) is 0 Å². The fourth-order valence-electron chi connectivity index (χ4n) is 3.21. The molecule has 0 aliphatic heterocycles. The maximum Gasteiger partial charge on any atom is 0.255 e. The Morgan fingerprint density at radius 3 is 2.38 bits per heavy atom. The van der Waals surface area contributed by atoms with Crippen LogP contribution in [-0.4, -0.2) is 40.4 Å². The smallest absolute Gasteiger partial charge is 0.255 e. The molecule has 10 heteroatoms. The van der Waals surface area contributed by atoms with Gasteiger partial charge in [-0.25, -0.2) is 8.42 Å². The third-order valence-electron chi connectivity index (χ3n) is 4.89. The van der Waals surface area contributed by atoms with Gasteiger partial charge >= 0.3 is 0 Å². The van der Waals surface area contributed by atoms with E-state index in [1.807, 2.05) is 26.8 Å². The molecule has 0 unspecified atom stereocenters. The number of nitrogens with one attached hydrogen (secondary N) is 2. The monoisotopic (exact) mass is 471 g/mol. The van der Waals surface area contributed by atoms with Crippen molar-refractivity contribution in [3.05, 3.63) is 64.8 Å². The summed E-state index contributed by atoms with van der Waals surface area (Å²) in [6.07, 6.45) is 1.12. The number of aromatic nitrogens is 4. The fraction of sp³-hybridized carbons (Fsp3) is 0.227. The zero-order valence-corrected chi connectivity index (χ0v) is 19.5. The van der Waals surface area contributed by atoms with Gasteiger partial charge in [0.25, 0.3) is 5.91 Å². The largest absolute Gasteiger partial charge is 0.322 e. The fourth-order valence-corrected chi connectivity index (χ4v) is 4.28. The SMILES string of the molecule is CC(C)(C)c1nn2nc(-c3cccc(NC(=O)c4ccc(S(C)(=O)=O)cc4)c3)[nH]c2c1Cl. The molecule has 0 aliphatic rings. The molecule has 8 nitrogen and oxygen atoms in total. The third kappa shape index (κ3) is 4.26. The second-order valence-electron chi connectivity index (χ2n) is 8.56. The van der Waals surface area contributed by atoms with Crippen LogP contribution in [0.3, 0.4) is 0 Å². The van der Waals surface area contributed by atoms with Crippen molar-refractivity contribution in [3.8, 4) is 11.4 Å². The van der Waals surface area contributed by atoms with E-state index in [1.54, 1.807) is 18.2 Å². The Bertz CT molecular complexity index is 1430. The van der Waals surface area contributed by atoms with Crippen LogP contribution in [0.15, 0.2) is 53.4 Å². The molecule has 0 bridgehead atoms. The third-order valence-corrected chi connectivity index (χ3v) is 6.38. The maximum absolute atomic E-state index is 12.6. The van der Waals surface area contributed by atoms with Gasteiger partial charge in [0, 0.05) is 28.5 Å². The lowest BCUT2D eigenvalue weighted by molar-refractivity contribution is 0.102. The number of hydrogen-bond donors (Lipinski definition) is 2. The van der Waals surface area contributed by atoms with Crippen LogP contribution in [0.25, 0.3) is 17.0 Å². The molecule has 166 valence electrons. The van der Waals surface area contributed by atoms with Crippen LogP contribution >= 0.6 is 11.6 Å². The number of carbonyl (C=O) groups is 1. The average molecular weight is 472 g/mol. The molecule has 0 saturated heterocycles. The van der Waals surface area contributed by atoms with E-state index in [-0.39, 0.29) is 16.2 Å². The molecule has 4 rings (SSSR count). The molecule has 2 aromatic heterocycles. The summed E-state index contributed by atoms with van der Waals surface area (Å²) in [5.74, 6) is 0.206. The van der Waals surface area contributed by atoms with Crippen LogP contribution < -0.4 is 5.32 Å². The molecular formula is C22H22ClN5O3S. The molecule has 0 fully saturated rings. The van der Waals surface area contributed by atoms with E-state index in [0.717, 1.165) is 17.5 Å². The van der Waals surface area contributed by atoms with Gasteiger partial charge in [-0.05, 0) is 36.4 Å². The number of benzene rings is 2. The lowest BCUT2D eigenvalue weighted by atomic mass is 9.92. The number of H-pyrrole nitrogens is 1. The molecule has 0 aliphatic carbocycles. The second-order valence-corrected chi connectivity index (χ2v) is 10.9. The Balaban J connectivity index is 1.58. The maximum atomic E-state index is 12.6. The summed E-state index contributed by atoms with van der Waals surface area (Å²) in [6, 6.07) is 13.0. The highest BCUT2D eigenvalue weighted by Crippen LogP contribution is 2.32. The van der Waals surface area contributed by atoms with Crippen molar-refractivity contribution in [1.29, 1.82) is 0 Å². The van der Waals surface area contributed by atoms with Gasteiger partial charge in [0.1, 0.15) is 5.02 Å². The van der Waals surface area contributed by atoms with E-state index in [0.29, 0.717) is 27.7 Å². The minimum atomic E-state index is -3.32. The van der Waals surface area contributed by atoms with E-state index >= 15 is 0 Å². The number of sulfone groups is 1. The number of anilines is 1. The molecule has 0 spiro atoms. The molecule has 0 atom stereocenters. The van der Waals surface area contributed by atoms with Crippen molar-refractivity contribution < 1.29 is 13.2 Å². The highest BCUT2D eigenvalue weighted by molar-refractivity contribution is 7.90. The Labute approximate surface area is 190 Å². The number of carbonyl (C=O) groups excluding carboxylic acids is 1. The number of halogens is 1. The first kappa shape index (κ1) is 22.0. The van der Waals surface area contributed by atoms with E-state index in [9.17, 15) is 13.2 Å². The molecule has 4 aromatic rings. The predicted octanol–water partition coefficient (Wildman–Crippen LogP) is 4.33. The summed E-state index contributed by atoms with van der Waals surface area (Å²) < 4.78 is 24.7. The molecule has 2 heterocycles. The molecular weight excluding hydrogens is 450 g/mol. The van der Waals surface area contributed by atoms with Crippen molar-refractivity contribution in [2.24, 2.45) is 0 Å². The Morgan fingerprint density at radius 2 is 1.78 bits per heavy atom. The topological polar surface area (TPSA) is 109 Å². The van der Waals surface area contributed by atoms with Gasteiger partial charge in [0.15, 0.2) is 21.3 Å². The summed E-state index contributed by atoms with van der Waals surface area (Å²) in [7, 11) is -3.32. The van der Waals surface area contributed by atoms with Gasteiger partial charge in [0.2, 0.25) is 0 Å². The minimum absolute atomic E-state index is 0.159. The quantitative estimate of drug-likeness (QED) is 0.460. The van der Waals surface area contributed by atoms with Gasteiger partial charge < -0.3 is 10.3 Å². The Hall–Kier alpha value is -3.17. The summed E-state index contributed by atoms with van der Waals surface area (Å²) in [4.78, 5) is 15.9. The van der Waals surface area contributed by atoms with Crippen LogP contribution in [0, 0.1) is 0 Å². The first-order chi connectivity index (χ1) is 14.9. The van der Waals surface area contributed by atoms with E-state index in [4.69, 9.17) is 11.6 Å². The summed E-state index contributed by atoms with van der Waals surface area (Å²) in [5, 5.41) is 12.3. The van der Waals surface area contributed by atoms with Crippen LogP contribution in [0.4, 0.5) is 5.69 Å². The van der Waals surface area contributed by atoms with Gasteiger partial charge in [-0.1, -0.05) is 44.5 Å². The minimum Gasteiger partial charge on any atom is -0.322 e. The van der Waals surface area contributed by atoms with Crippen molar-refractivity contribution >= 4 is 38.7 Å². The van der Waals surface area contributed by atoms with Crippen molar-refractivity contribution in [2.45, 2.75) is 31.1 Å². The first-order valence-electron chi connectivity index (χ1n) is 9.80. The average Bonchev–Trinajstić information content (AvgIpc) is 3.27. The molecule has 32 heavy (non-hydrogen) atoms. The summed E-state index contributed by atoms with van der Waals surface area (Å²) in [5.41, 5.74) is 2.81. The Morgan fingerprint density at radius 1 is 1.09 bits per heavy atom. The number of fused-ring (bicyclic) bond motifs is 1. The van der Waals surface area contributed by atoms with Crippen LogP contribution in [0.1, 0.15) is 36.8 Å². The molecule has 2 N–H and O–H groups in total. The first-order valence-corrected chi connectivity index (χ1v) is 12.1. The van der Waals surface area contributed by atoms with E-state index in [1.165, 1.54) is 28.9 Å². The zero-order valence-electron chi connectivity index (χ0n) is 18.0. The normalized spacial score (nSPS) is 12.3. The van der Waals surface area contributed by atoms with Gasteiger partial charge in [-0.15, -0.1) is 9.73 Å². The van der Waals surface area contributed by atoms with E-state index < -0.39 is 9.84 Å². The van der Waals surface area contributed by atoms with Crippen LogP contribution in [-0.2, 0) is 15.3 Å². The van der Waals surface area contributed by atoms with E-state index in [2.05, 4.69) is 20.5 Å². The van der Waals surface area contributed by atoms with Crippen molar-refractivity contribution in [1.82, 2.24) is 19.8 Å². The molecule has 0 radical (unpaired) electrons.